The van der Waals surface area contributed by atoms with Crippen molar-refractivity contribution in [1.82, 2.24) is 5.32 Å². The summed E-state index contributed by atoms with van der Waals surface area (Å²) >= 11 is 0. The van der Waals surface area contributed by atoms with Crippen molar-refractivity contribution in [1.29, 1.82) is 0 Å². The van der Waals surface area contributed by atoms with Gasteiger partial charge in [-0.3, -0.25) is 4.79 Å². The predicted molar refractivity (Wildman–Crippen MR) is 74.5 cm³/mol. The lowest BCUT2D eigenvalue weighted by molar-refractivity contribution is -0.118. The summed E-state index contributed by atoms with van der Waals surface area (Å²) in [6.07, 6.45) is 3.92. The number of carbonyl (C=O) groups is 1. The van der Waals surface area contributed by atoms with E-state index in [4.69, 9.17) is 0 Å². The molecule has 3 nitrogen and oxygen atoms in total. The molecule has 3 heteroatoms. The summed E-state index contributed by atoms with van der Waals surface area (Å²) in [7, 11) is 0. The van der Waals surface area contributed by atoms with Crippen LogP contribution in [0.4, 0.5) is 5.69 Å². The smallest absolute Gasteiger partial charge is 0.241 e. The molecule has 1 aliphatic carbocycles. The second-order valence-corrected chi connectivity index (χ2v) is 5.22. The van der Waals surface area contributed by atoms with Crippen molar-refractivity contribution in [2.24, 2.45) is 5.92 Å². The molecule has 0 saturated heterocycles. The number of nitrogens with one attached hydrogen (secondary N) is 2. The minimum Gasteiger partial charge on any atom is -0.325 e. The third kappa shape index (κ3) is 3.33. The lowest BCUT2D eigenvalue weighted by Gasteiger charge is -2.33. The summed E-state index contributed by atoms with van der Waals surface area (Å²) in [5.41, 5.74) is 0.854. The van der Waals surface area contributed by atoms with Crippen LogP contribution in [-0.2, 0) is 4.79 Å². The molecule has 2 N–H and O–H groups in total. The van der Waals surface area contributed by atoms with E-state index in [2.05, 4.69) is 17.6 Å². The summed E-state index contributed by atoms with van der Waals surface area (Å²) in [4.78, 5) is 12.0. The van der Waals surface area contributed by atoms with Crippen molar-refractivity contribution in [3.05, 3.63) is 30.3 Å². The average molecular weight is 246 g/mol. The lowest BCUT2D eigenvalue weighted by Crippen LogP contribution is -2.47. The van der Waals surface area contributed by atoms with Crippen molar-refractivity contribution in [3.63, 3.8) is 0 Å². The Bertz CT molecular complexity index is 387. The third-order valence-electron chi connectivity index (χ3n) is 3.80. The molecule has 98 valence electrons. The first-order valence-corrected chi connectivity index (χ1v) is 6.79. The van der Waals surface area contributed by atoms with Gasteiger partial charge >= 0.3 is 0 Å². The molecule has 1 amide bonds. The first-order valence-electron chi connectivity index (χ1n) is 6.79. The van der Waals surface area contributed by atoms with Crippen molar-refractivity contribution in [2.45, 2.75) is 45.2 Å². The number of para-hydroxylation sites is 1. The van der Waals surface area contributed by atoms with Crippen LogP contribution in [0.2, 0.25) is 0 Å². The second kappa shape index (κ2) is 6.01. The first-order chi connectivity index (χ1) is 8.66. The molecule has 0 radical (unpaired) electrons. The van der Waals surface area contributed by atoms with E-state index in [9.17, 15) is 4.79 Å². The highest BCUT2D eigenvalue weighted by Crippen LogP contribution is 2.29. The molecule has 2 unspecified atom stereocenters. The van der Waals surface area contributed by atoms with E-state index in [1.807, 2.05) is 37.3 Å². The van der Waals surface area contributed by atoms with Gasteiger partial charge in [0.2, 0.25) is 5.91 Å². The van der Waals surface area contributed by atoms with E-state index in [1.165, 1.54) is 19.3 Å². The monoisotopic (exact) mass is 246 g/mol. The van der Waals surface area contributed by atoms with E-state index in [0.29, 0.717) is 6.04 Å². The number of benzene rings is 1. The van der Waals surface area contributed by atoms with Gasteiger partial charge in [-0.1, -0.05) is 24.6 Å². The topological polar surface area (TPSA) is 41.1 Å². The Morgan fingerprint density at radius 1 is 1.22 bits per heavy atom. The molecule has 0 heterocycles. The highest BCUT2D eigenvalue weighted by molar-refractivity contribution is 5.94. The van der Waals surface area contributed by atoms with Crippen LogP contribution >= 0.6 is 0 Å². The first kappa shape index (κ1) is 13.1. The molecule has 0 aromatic heterocycles. The van der Waals surface area contributed by atoms with Crippen molar-refractivity contribution in [2.75, 3.05) is 5.32 Å². The van der Waals surface area contributed by atoms with Gasteiger partial charge in [0, 0.05) is 11.7 Å². The zero-order valence-electron chi connectivity index (χ0n) is 11.1. The number of hydrogen-bond acceptors (Lipinski definition) is 2. The maximum atomic E-state index is 12.0. The second-order valence-electron chi connectivity index (χ2n) is 5.22. The number of anilines is 1. The van der Waals surface area contributed by atoms with Gasteiger partial charge in [-0.05, 0) is 44.7 Å². The van der Waals surface area contributed by atoms with Gasteiger partial charge in [0.05, 0.1) is 6.04 Å². The summed E-state index contributed by atoms with van der Waals surface area (Å²) in [5.74, 6) is 0.782. The molecular weight excluding hydrogens is 224 g/mol. The Hall–Kier alpha value is -1.35. The van der Waals surface area contributed by atoms with Crippen LogP contribution in [0.25, 0.3) is 0 Å². The molecule has 1 saturated carbocycles. The van der Waals surface area contributed by atoms with Crippen LogP contribution in [0.1, 0.15) is 33.1 Å². The van der Waals surface area contributed by atoms with E-state index in [-0.39, 0.29) is 11.9 Å². The Labute approximate surface area is 109 Å². The molecule has 0 bridgehead atoms. The zero-order chi connectivity index (χ0) is 13.0. The molecular formula is C15H22N2O. The van der Waals surface area contributed by atoms with Crippen LogP contribution in [0.15, 0.2) is 30.3 Å². The SMILES string of the molecule is CC(NC(C)C1CCC1)C(=O)Nc1ccccc1. The van der Waals surface area contributed by atoms with E-state index >= 15 is 0 Å². The maximum Gasteiger partial charge on any atom is 0.241 e. The lowest BCUT2D eigenvalue weighted by atomic mass is 9.80. The Balaban J connectivity index is 1.81. The molecule has 0 aliphatic heterocycles. The number of carbonyl (C=O) groups excluding carboxylic acids is 1. The quantitative estimate of drug-likeness (QED) is 0.838. The molecule has 2 rings (SSSR count). The van der Waals surface area contributed by atoms with Crippen LogP contribution in [-0.4, -0.2) is 18.0 Å². The highest BCUT2D eigenvalue weighted by Gasteiger charge is 2.26. The third-order valence-corrected chi connectivity index (χ3v) is 3.80. The number of rotatable bonds is 5. The fourth-order valence-electron chi connectivity index (χ4n) is 2.32. The Kier molecular flexibility index (Phi) is 4.37. The van der Waals surface area contributed by atoms with E-state index in [0.717, 1.165) is 11.6 Å². The highest BCUT2D eigenvalue weighted by atomic mass is 16.2. The summed E-state index contributed by atoms with van der Waals surface area (Å²) < 4.78 is 0. The fraction of sp³-hybridized carbons (Fsp3) is 0.533. The number of hydrogen-bond donors (Lipinski definition) is 2. The summed E-state index contributed by atoms with van der Waals surface area (Å²) in [6, 6.07) is 9.86. The van der Waals surface area contributed by atoms with Crippen LogP contribution in [0.5, 0.6) is 0 Å². The Morgan fingerprint density at radius 3 is 2.44 bits per heavy atom. The van der Waals surface area contributed by atoms with Crippen molar-refractivity contribution in [3.8, 4) is 0 Å². The Morgan fingerprint density at radius 2 is 1.89 bits per heavy atom. The molecule has 1 aromatic carbocycles. The minimum absolute atomic E-state index is 0.0346. The molecule has 0 spiro atoms. The van der Waals surface area contributed by atoms with Gasteiger partial charge in [-0.25, -0.2) is 0 Å². The zero-order valence-corrected chi connectivity index (χ0v) is 11.1. The standard InChI is InChI=1S/C15H22N2O/c1-11(13-7-6-8-13)16-12(2)15(18)17-14-9-4-3-5-10-14/h3-5,9-13,16H,6-8H2,1-2H3,(H,17,18). The summed E-state index contributed by atoms with van der Waals surface area (Å²) in [5, 5.41) is 6.31. The minimum atomic E-state index is -0.152. The van der Waals surface area contributed by atoms with Crippen LogP contribution in [0, 0.1) is 5.92 Å². The van der Waals surface area contributed by atoms with Gasteiger partial charge in [-0.15, -0.1) is 0 Å². The van der Waals surface area contributed by atoms with Gasteiger partial charge in [0.1, 0.15) is 0 Å². The average Bonchev–Trinajstić information content (AvgIpc) is 2.27. The maximum absolute atomic E-state index is 12.0. The fourth-order valence-corrected chi connectivity index (χ4v) is 2.32. The predicted octanol–water partition coefficient (Wildman–Crippen LogP) is 2.79. The van der Waals surface area contributed by atoms with Crippen molar-refractivity contribution >= 4 is 11.6 Å². The largest absolute Gasteiger partial charge is 0.325 e. The molecule has 1 aliphatic rings. The van der Waals surface area contributed by atoms with Crippen LogP contribution in [0.3, 0.4) is 0 Å². The van der Waals surface area contributed by atoms with Gasteiger partial charge in [-0.2, -0.15) is 0 Å². The van der Waals surface area contributed by atoms with Crippen molar-refractivity contribution < 1.29 is 4.79 Å². The molecule has 1 aromatic rings. The number of amides is 1. The van der Waals surface area contributed by atoms with Gasteiger partial charge < -0.3 is 10.6 Å². The molecule has 1 fully saturated rings. The normalized spacial score (nSPS) is 18.8. The van der Waals surface area contributed by atoms with Gasteiger partial charge in [0.25, 0.3) is 0 Å². The van der Waals surface area contributed by atoms with Crippen LogP contribution < -0.4 is 10.6 Å². The molecule has 18 heavy (non-hydrogen) atoms. The molecule has 2 atom stereocenters. The van der Waals surface area contributed by atoms with E-state index in [1.54, 1.807) is 0 Å². The summed E-state index contributed by atoms with van der Waals surface area (Å²) in [6.45, 7) is 4.10. The van der Waals surface area contributed by atoms with E-state index < -0.39 is 0 Å². The van der Waals surface area contributed by atoms with Gasteiger partial charge in [0.15, 0.2) is 0 Å².